The Morgan fingerprint density at radius 1 is 0.909 bits per heavy atom. The highest BCUT2D eigenvalue weighted by atomic mass is 15.1. The van der Waals surface area contributed by atoms with Crippen LogP contribution in [-0.2, 0) is 6.42 Å². The first kappa shape index (κ1) is 19.3. The number of fused-ring (bicyclic) bond motifs is 8. The molecule has 164 valence electrons. The second-order valence-corrected chi connectivity index (χ2v) is 10.6. The summed E-state index contributed by atoms with van der Waals surface area (Å²) >= 11 is 0. The number of nitrogens with zero attached hydrogens (tertiary/aromatic N) is 1. The third-order valence-corrected chi connectivity index (χ3v) is 8.77. The number of hydrogen-bond acceptors (Lipinski definition) is 2. The Morgan fingerprint density at radius 3 is 2.42 bits per heavy atom. The van der Waals surface area contributed by atoms with E-state index in [0.29, 0.717) is 11.8 Å². The maximum Gasteiger partial charge on any atom is 0.0664 e. The van der Waals surface area contributed by atoms with Gasteiger partial charge in [0, 0.05) is 23.2 Å². The molecule has 1 aliphatic carbocycles. The zero-order valence-corrected chi connectivity index (χ0v) is 19.7. The first-order chi connectivity index (χ1) is 16.1. The first-order valence-electron chi connectivity index (χ1n) is 12.5. The molecular formula is C31H30N2. The third kappa shape index (κ3) is 2.58. The molecule has 7 rings (SSSR count). The van der Waals surface area contributed by atoms with E-state index >= 15 is 0 Å². The van der Waals surface area contributed by atoms with Gasteiger partial charge in [-0.15, -0.1) is 0 Å². The lowest BCUT2D eigenvalue weighted by atomic mass is 9.94. The highest BCUT2D eigenvalue weighted by Gasteiger charge is 2.68. The van der Waals surface area contributed by atoms with E-state index in [1.54, 1.807) is 0 Å². The van der Waals surface area contributed by atoms with Gasteiger partial charge in [-0.25, -0.2) is 0 Å². The van der Waals surface area contributed by atoms with Gasteiger partial charge in [0.05, 0.1) is 11.2 Å². The van der Waals surface area contributed by atoms with E-state index in [1.807, 2.05) is 0 Å². The predicted molar refractivity (Wildman–Crippen MR) is 141 cm³/mol. The lowest BCUT2D eigenvalue weighted by Gasteiger charge is -2.22. The van der Waals surface area contributed by atoms with Crippen LogP contribution in [0.15, 0.2) is 65.7 Å². The van der Waals surface area contributed by atoms with E-state index < -0.39 is 0 Å². The first-order valence-corrected chi connectivity index (χ1v) is 12.5. The minimum Gasteiger partial charge on any atom is -0.378 e. The predicted octanol–water partition coefficient (Wildman–Crippen LogP) is 8.25. The summed E-state index contributed by atoms with van der Waals surface area (Å²) < 4.78 is 0. The van der Waals surface area contributed by atoms with Crippen LogP contribution in [0.1, 0.15) is 50.7 Å². The molecule has 33 heavy (non-hydrogen) atoms. The number of aryl methyl sites for hydroxylation is 1. The molecule has 0 saturated heterocycles. The van der Waals surface area contributed by atoms with E-state index in [0.717, 1.165) is 24.4 Å². The van der Waals surface area contributed by atoms with Crippen molar-refractivity contribution >= 4 is 39.1 Å². The van der Waals surface area contributed by atoms with Gasteiger partial charge in [0.25, 0.3) is 0 Å². The standard InChI is InChI=1S/C31H30N2/c1-18(2)31-19(3)29(31)27-13-9-23-17-21(8-12-25(23)30(27)33-31)20-7-11-24-22(16-20)10-14-28-26(24)6-4-5-15-32-28/h7-19,29,33H,4-6H2,1-3H3. The van der Waals surface area contributed by atoms with Crippen LogP contribution in [-0.4, -0.2) is 11.8 Å². The number of rotatable bonds is 2. The van der Waals surface area contributed by atoms with Crippen LogP contribution in [0.3, 0.4) is 0 Å². The average Bonchev–Trinajstić information content (AvgIpc) is 3.36. The van der Waals surface area contributed by atoms with Gasteiger partial charge in [-0.3, -0.25) is 4.99 Å². The van der Waals surface area contributed by atoms with Gasteiger partial charge in [-0.2, -0.15) is 0 Å². The second kappa shape index (κ2) is 6.70. The van der Waals surface area contributed by atoms with Crippen molar-refractivity contribution < 1.29 is 0 Å². The number of nitrogens with one attached hydrogen (secondary N) is 1. The number of benzene rings is 4. The molecule has 2 nitrogen and oxygen atoms in total. The molecule has 2 heterocycles. The lowest BCUT2D eigenvalue weighted by molar-refractivity contribution is 0.482. The Hall–Kier alpha value is -3.13. The molecule has 0 bridgehead atoms. The van der Waals surface area contributed by atoms with Crippen molar-refractivity contribution in [1.29, 1.82) is 0 Å². The summed E-state index contributed by atoms with van der Waals surface area (Å²) in [7, 11) is 0. The average molecular weight is 431 g/mol. The Morgan fingerprint density at radius 2 is 1.64 bits per heavy atom. The van der Waals surface area contributed by atoms with Crippen molar-refractivity contribution in [1.82, 2.24) is 0 Å². The molecule has 3 aliphatic rings. The maximum absolute atomic E-state index is 4.68. The van der Waals surface area contributed by atoms with Crippen molar-refractivity contribution in [2.24, 2.45) is 16.8 Å². The minimum atomic E-state index is 0.260. The summed E-state index contributed by atoms with van der Waals surface area (Å²) in [6.45, 7) is 7.13. The second-order valence-electron chi connectivity index (χ2n) is 10.6. The molecule has 0 aromatic heterocycles. The molecule has 3 unspecified atom stereocenters. The van der Waals surface area contributed by atoms with Crippen LogP contribution < -0.4 is 5.32 Å². The Balaban J connectivity index is 1.30. The summed E-state index contributed by atoms with van der Waals surface area (Å²) in [6.07, 6.45) is 5.43. The van der Waals surface area contributed by atoms with Crippen molar-refractivity contribution in [2.45, 2.75) is 51.5 Å². The van der Waals surface area contributed by atoms with E-state index in [1.165, 1.54) is 55.9 Å². The van der Waals surface area contributed by atoms with Gasteiger partial charge >= 0.3 is 0 Å². The van der Waals surface area contributed by atoms with E-state index in [-0.39, 0.29) is 5.54 Å². The highest BCUT2D eigenvalue weighted by Crippen LogP contribution is 2.69. The Labute approximate surface area is 195 Å². The van der Waals surface area contributed by atoms with Gasteiger partial charge in [0.15, 0.2) is 0 Å². The van der Waals surface area contributed by atoms with Crippen molar-refractivity contribution in [3.05, 3.63) is 71.8 Å². The number of anilines is 1. The fraction of sp³-hybridized carbons (Fsp3) is 0.323. The van der Waals surface area contributed by atoms with E-state index in [2.05, 4.69) is 98.0 Å². The summed E-state index contributed by atoms with van der Waals surface area (Å²) in [5.41, 5.74) is 8.27. The van der Waals surface area contributed by atoms with Gasteiger partial charge < -0.3 is 5.32 Å². The molecule has 4 aromatic rings. The fourth-order valence-electron chi connectivity index (χ4n) is 6.95. The van der Waals surface area contributed by atoms with Crippen molar-refractivity contribution in [2.75, 3.05) is 5.32 Å². The highest BCUT2D eigenvalue weighted by molar-refractivity contribution is 6.01. The zero-order chi connectivity index (χ0) is 22.3. The lowest BCUT2D eigenvalue weighted by Crippen LogP contribution is -2.28. The van der Waals surface area contributed by atoms with Gasteiger partial charge in [-0.05, 0) is 87.7 Å². The van der Waals surface area contributed by atoms with E-state index in [9.17, 15) is 0 Å². The summed E-state index contributed by atoms with van der Waals surface area (Å²) in [4.78, 5) is 4.68. The quantitative estimate of drug-likeness (QED) is 0.340. The van der Waals surface area contributed by atoms with Gasteiger partial charge in [0.2, 0.25) is 0 Å². The molecule has 1 fully saturated rings. The van der Waals surface area contributed by atoms with Crippen LogP contribution in [0.25, 0.3) is 32.7 Å². The normalized spacial score (nSPS) is 25.0. The monoisotopic (exact) mass is 430 g/mol. The Bertz CT molecular complexity index is 1480. The molecule has 0 radical (unpaired) electrons. The SMILES string of the molecule is CC(C)C12Nc3c(ccc4cc(-c5ccc6c7c(ccc6c5)N=CCCC7)ccc34)C1C2C. The smallest absolute Gasteiger partial charge is 0.0664 e. The fourth-order valence-corrected chi connectivity index (χ4v) is 6.95. The van der Waals surface area contributed by atoms with Crippen LogP contribution >= 0.6 is 0 Å². The molecule has 0 amide bonds. The largest absolute Gasteiger partial charge is 0.378 e. The van der Waals surface area contributed by atoms with E-state index in [4.69, 9.17) is 0 Å². The molecule has 4 aromatic carbocycles. The van der Waals surface area contributed by atoms with Crippen LogP contribution in [0.2, 0.25) is 0 Å². The number of aliphatic imine (C=N–C) groups is 1. The molecule has 1 N–H and O–H groups in total. The van der Waals surface area contributed by atoms with Crippen molar-refractivity contribution in [3.8, 4) is 11.1 Å². The maximum atomic E-state index is 4.68. The van der Waals surface area contributed by atoms with Crippen LogP contribution in [0, 0.1) is 11.8 Å². The third-order valence-electron chi connectivity index (χ3n) is 8.77. The van der Waals surface area contributed by atoms with Gasteiger partial charge in [0.1, 0.15) is 0 Å². The summed E-state index contributed by atoms with van der Waals surface area (Å²) in [6, 6.07) is 23.1. The molecule has 0 spiro atoms. The minimum absolute atomic E-state index is 0.260. The molecule has 1 saturated carbocycles. The molecule has 2 aliphatic heterocycles. The molecular weight excluding hydrogens is 400 g/mol. The zero-order valence-electron chi connectivity index (χ0n) is 19.7. The van der Waals surface area contributed by atoms with Crippen molar-refractivity contribution in [3.63, 3.8) is 0 Å². The summed E-state index contributed by atoms with van der Waals surface area (Å²) in [5, 5.41) is 9.33. The Kier molecular flexibility index (Phi) is 3.93. The number of hydrogen-bond donors (Lipinski definition) is 1. The van der Waals surface area contributed by atoms with Crippen LogP contribution in [0.4, 0.5) is 11.4 Å². The topological polar surface area (TPSA) is 24.4 Å². The summed E-state index contributed by atoms with van der Waals surface area (Å²) in [5.74, 6) is 2.02. The van der Waals surface area contributed by atoms with Gasteiger partial charge in [-0.1, -0.05) is 63.2 Å². The molecule has 2 heteroatoms. The molecule has 3 atom stereocenters. The van der Waals surface area contributed by atoms with Crippen LogP contribution in [0.5, 0.6) is 0 Å².